The average Bonchev–Trinajstić information content (AvgIpc) is 3.63. The van der Waals surface area contributed by atoms with Crippen molar-refractivity contribution in [2.24, 2.45) is 7.05 Å². The van der Waals surface area contributed by atoms with Crippen molar-refractivity contribution in [1.82, 2.24) is 25.1 Å². The normalized spacial score (nSPS) is 23.8. The number of halogens is 1. The number of nitrogens with one attached hydrogen (secondary N) is 2. The van der Waals surface area contributed by atoms with E-state index in [4.69, 9.17) is 21.7 Å². The van der Waals surface area contributed by atoms with E-state index in [1.165, 1.54) is 5.69 Å². The van der Waals surface area contributed by atoms with Gasteiger partial charge in [-0.3, -0.25) is 24.4 Å². The summed E-state index contributed by atoms with van der Waals surface area (Å²) >= 11 is 6.54. The largest absolute Gasteiger partial charge is 0.365 e. The molecule has 6 heterocycles. The number of carbonyl (C=O) groups excluding carboxylic acids is 3. The van der Waals surface area contributed by atoms with Gasteiger partial charge in [0.05, 0.1) is 29.7 Å². The molecule has 3 unspecified atom stereocenters. The fourth-order valence-electron chi connectivity index (χ4n) is 8.00. The zero-order chi connectivity index (χ0) is 32.6. The molecule has 2 bridgehead atoms. The van der Waals surface area contributed by atoms with Gasteiger partial charge in [-0.25, -0.2) is 4.98 Å². The van der Waals surface area contributed by atoms with Gasteiger partial charge in [-0.05, 0) is 74.1 Å². The molecule has 12 nitrogen and oxygen atoms in total. The molecular weight excluding hydrogens is 618 g/mol. The molecular formula is C34H36ClN9O3. The van der Waals surface area contributed by atoms with Gasteiger partial charge < -0.3 is 20.0 Å². The first-order chi connectivity index (χ1) is 22.6. The van der Waals surface area contributed by atoms with Gasteiger partial charge in [0, 0.05) is 68.1 Å². The number of hydrogen-bond acceptors (Lipinski definition) is 9. The van der Waals surface area contributed by atoms with Crippen LogP contribution in [-0.4, -0.2) is 69.7 Å². The van der Waals surface area contributed by atoms with Crippen molar-refractivity contribution in [2.75, 3.05) is 34.1 Å². The van der Waals surface area contributed by atoms with Crippen LogP contribution in [0.4, 0.5) is 28.8 Å². The summed E-state index contributed by atoms with van der Waals surface area (Å²) in [6.45, 7) is 0. The molecule has 242 valence electrons. The van der Waals surface area contributed by atoms with Crippen molar-refractivity contribution in [3.8, 4) is 0 Å². The molecule has 3 fully saturated rings. The smallest absolute Gasteiger partial charge is 0.235 e. The summed E-state index contributed by atoms with van der Waals surface area (Å²) in [4.78, 5) is 52.3. The van der Waals surface area contributed by atoms with Gasteiger partial charge in [-0.1, -0.05) is 11.6 Å². The van der Waals surface area contributed by atoms with E-state index in [-0.39, 0.29) is 23.8 Å². The maximum Gasteiger partial charge on any atom is 0.235 e. The fourth-order valence-corrected chi connectivity index (χ4v) is 8.13. The maximum atomic E-state index is 12.6. The van der Waals surface area contributed by atoms with Crippen LogP contribution in [0.1, 0.15) is 55.7 Å². The van der Waals surface area contributed by atoms with Crippen molar-refractivity contribution < 1.29 is 14.4 Å². The second kappa shape index (κ2) is 11.2. The molecule has 4 aromatic rings. The number of rotatable bonds is 6. The van der Waals surface area contributed by atoms with Crippen LogP contribution < -0.4 is 25.3 Å². The number of imide groups is 1. The topological polar surface area (TPSA) is 129 Å². The zero-order valence-electron chi connectivity index (χ0n) is 26.5. The van der Waals surface area contributed by atoms with E-state index in [1.54, 1.807) is 18.1 Å². The fraction of sp³-hybridized carbons (Fsp3) is 0.412. The number of hydrogen-bond donors (Lipinski definition) is 2. The van der Waals surface area contributed by atoms with Crippen LogP contribution in [0.15, 0.2) is 42.6 Å². The predicted octanol–water partition coefficient (Wildman–Crippen LogP) is 4.44. The summed E-state index contributed by atoms with van der Waals surface area (Å²) in [5.41, 5.74) is 5.61. The third-order valence-corrected chi connectivity index (χ3v) is 10.7. The van der Waals surface area contributed by atoms with Crippen LogP contribution in [0.2, 0.25) is 5.02 Å². The summed E-state index contributed by atoms with van der Waals surface area (Å²) < 4.78 is 1.85. The van der Waals surface area contributed by atoms with E-state index in [1.807, 2.05) is 29.9 Å². The Balaban J connectivity index is 0.991. The Morgan fingerprint density at radius 2 is 1.81 bits per heavy atom. The molecule has 3 saturated heterocycles. The van der Waals surface area contributed by atoms with Gasteiger partial charge in [0.1, 0.15) is 5.02 Å². The van der Waals surface area contributed by atoms with E-state index >= 15 is 0 Å². The molecule has 0 radical (unpaired) electrons. The molecule has 0 saturated carbocycles. The summed E-state index contributed by atoms with van der Waals surface area (Å²) in [7, 11) is 5.76. The quantitative estimate of drug-likeness (QED) is 0.290. The van der Waals surface area contributed by atoms with Crippen LogP contribution in [0.25, 0.3) is 10.9 Å². The lowest BCUT2D eigenvalue weighted by atomic mass is 9.92. The number of aromatic nitrogens is 4. The standard InChI is InChI=1S/C34H36ClN9O3/c1-41(34-36-17-26(35)32(39-34)37-19-4-10-27-18(12-19)13-30(46)42(27)2)23-14-20-5-6-21(15-23)44(20)22-7-8-24-28(16-22)43(3)40-31(24)25-9-11-29(45)38-33(25)47/h4,7-8,10,12,16-17,20-21,23,25H,5-6,9,11,13-15H2,1-3H3,(H,36,37,39)(H,38,45,47). The summed E-state index contributed by atoms with van der Waals surface area (Å²) in [6, 6.07) is 13.3. The summed E-state index contributed by atoms with van der Waals surface area (Å²) in [5, 5.41) is 11.9. The Kier molecular flexibility index (Phi) is 7.08. The van der Waals surface area contributed by atoms with Crippen LogP contribution in [0.3, 0.4) is 0 Å². The molecule has 3 amide bonds. The highest BCUT2D eigenvalue weighted by Gasteiger charge is 2.43. The van der Waals surface area contributed by atoms with Gasteiger partial charge in [-0.2, -0.15) is 10.1 Å². The lowest BCUT2D eigenvalue weighted by Crippen LogP contribution is -2.50. The Bertz CT molecular complexity index is 1950. The number of fused-ring (bicyclic) bond motifs is 4. The maximum absolute atomic E-state index is 12.6. The van der Waals surface area contributed by atoms with Gasteiger partial charge in [0.2, 0.25) is 23.7 Å². The summed E-state index contributed by atoms with van der Waals surface area (Å²) in [5.74, 6) is 0.317. The third kappa shape index (κ3) is 5.06. The molecule has 2 N–H and O–H groups in total. The average molecular weight is 654 g/mol. The number of carbonyl (C=O) groups is 3. The second-order valence-electron chi connectivity index (χ2n) is 13.2. The Labute approximate surface area is 277 Å². The first-order valence-electron chi connectivity index (χ1n) is 16.1. The van der Waals surface area contributed by atoms with Crippen LogP contribution in [0, 0.1) is 0 Å². The number of anilines is 5. The van der Waals surface area contributed by atoms with E-state index in [0.717, 1.165) is 59.2 Å². The molecule has 4 aliphatic rings. The van der Waals surface area contributed by atoms with Crippen molar-refractivity contribution in [2.45, 2.75) is 69.0 Å². The van der Waals surface area contributed by atoms with E-state index in [9.17, 15) is 14.4 Å². The minimum atomic E-state index is -0.420. The number of nitrogens with zero attached hydrogens (tertiary/aromatic N) is 7. The molecule has 0 aliphatic carbocycles. The molecule has 8 rings (SSSR count). The minimum Gasteiger partial charge on any atom is -0.365 e. The molecule has 47 heavy (non-hydrogen) atoms. The van der Waals surface area contributed by atoms with E-state index < -0.39 is 5.92 Å². The zero-order valence-corrected chi connectivity index (χ0v) is 27.3. The van der Waals surface area contributed by atoms with Gasteiger partial charge >= 0.3 is 0 Å². The number of piperidine rings is 2. The van der Waals surface area contributed by atoms with Gasteiger partial charge in [0.25, 0.3) is 0 Å². The van der Waals surface area contributed by atoms with Crippen molar-refractivity contribution in [3.63, 3.8) is 0 Å². The monoisotopic (exact) mass is 653 g/mol. The molecule has 4 aliphatic heterocycles. The molecule has 2 aromatic heterocycles. The first kappa shape index (κ1) is 29.7. The SMILES string of the molecule is CN1C(=O)Cc2cc(Nc3nc(N(C)C4CC5CCC(C4)N5c4ccc5c(C6CCC(=O)NC6=O)nn(C)c5c4)ncc3Cl)ccc21. The molecule has 2 aromatic carbocycles. The van der Waals surface area contributed by atoms with E-state index in [0.29, 0.717) is 48.1 Å². The number of likely N-dealkylation sites (N-methyl/N-ethyl adjacent to an activating group) is 1. The lowest BCUT2D eigenvalue weighted by Gasteiger charge is -2.43. The third-order valence-electron chi connectivity index (χ3n) is 10.5. The van der Waals surface area contributed by atoms with Gasteiger partial charge in [-0.15, -0.1) is 0 Å². The Hall–Kier alpha value is -4.71. The predicted molar refractivity (Wildman–Crippen MR) is 180 cm³/mol. The van der Waals surface area contributed by atoms with Gasteiger partial charge in [0.15, 0.2) is 5.82 Å². The molecule has 13 heteroatoms. The summed E-state index contributed by atoms with van der Waals surface area (Å²) in [6.07, 6.45) is 7.00. The van der Waals surface area contributed by atoms with E-state index in [2.05, 4.69) is 50.7 Å². The highest BCUT2D eigenvalue weighted by molar-refractivity contribution is 6.33. The van der Waals surface area contributed by atoms with Crippen molar-refractivity contribution in [1.29, 1.82) is 0 Å². The van der Waals surface area contributed by atoms with Crippen LogP contribution in [-0.2, 0) is 27.9 Å². The highest BCUT2D eigenvalue weighted by atomic mass is 35.5. The molecule has 0 spiro atoms. The Morgan fingerprint density at radius 1 is 1.02 bits per heavy atom. The molecule has 3 atom stereocenters. The number of aryl methyl sites for hydroxylation is 1. The first-order valence-corrected chi connectivity index (χ1v) is 16.5. The lowest BCUT2D eigenvalue weighted by molar-refractivity contribution is -0.134. The van der Waals surface area contributed by atoms with Crippen molar-refractivity contribution >= 4 is 69.1 Å². The van der Waals surface area contributed by atoms with Crippen molar-refractivity contribution in [3.05, 3.63) is 58.9 Å². The van der Waals surface area contributed by atoms with Crippen LogP contribution >= 0.6 is 11.6 Å². The Morgan fingerprint density at radius 3 is 2.57 bits per heavy atom. The number of benzene rings is 2. The minimum absolute atomic E-state index is 0.0811. The number of amides is 3. The second-order valence-corrected chi connectivity index (χ2v) is 13.6. The van der Waals surface area contributed by atoms with Crippen LogP contribution in [0.5, 0.6) is 0 Å². The highest BCUT2D eigenvalue weighted by Crippen LogP contribution is 2.43.